The third-order valence-corrected chi connectivity index (χ3v) is 3.78. The van der Waals surface area contributed by atoms with Crippen molar-refractivity contribution in [3.8, 4) is 0 Å². The van der Waals surface area contributed by atoms with E-state index < -0.39 is 0 Å². The number of nitrogens with zero attached hydrogens (tertiary/aromatic N) is 3. The van der Waals surface area contributed by atoms with Crippen molar-refractivity contribution in [3.05, 3.63) is 24.0 Å². The maximum absolute atomic E-state index is 4.26. The zero-order valence-corrected chi connectivity index (χ0v) is 11.4. The highest BCUT2D eigenvalue weighted by atomic mass is 15.3. The zero-order chi connectivity index (χ0) is 13.1. The van der Waals surface area contributed by atoms with Crippen LogP contribution in [0.1, 0.15) is 24.8 Å². The summed E-state index contributed by atoms with van der Waals surface area (Å²) < 4.78 is 1.87. The molecule has 1 aliphatic heterocycles. The van der Waals surface area contributed by atoms with Gasteiger partial charge in [0.25, 0.3) is 0 Å². The van der Waals surface area contributed by atoms with Crippen LogP contribution < -0.4 is 10.6 Å². The number of nitrogens with one attached hydrogen (secondary N) is 2. The number of piperidine rings is 1. The fourth-order valence-electron chi connectivity index (χ4n) is 2.76. The van der Waals surface area contributed by atoms with Crippen LogP contribution in [0.5, 0.6) is 0 Å². The fourth-order valence-corrected chi connectivity index (χ4v) is 2.76. The van der Waals surface area contributed by atoms with Gasteiger partial charge in [0.2, 0.25) is 0 Å². The lowest BCUT2D eigenvalue weighted by Gasteiger charge is -2.22. The molecular weight excluding hydrogens is 238 g/mol. The molecule has 5 nitrogen and oxygen atoms in total. The number of aryl methyl sites for hydroxylation is 1. The van der Waals surface area contributed by atoms with Crippen LogP contribution in [0.25, 0.3) is 5.65 Å². The van der Waals surface area contributed by atoms with Crippen molar-refractivity contribution in [1.82, 2.24) is 19.9 Å². The van der Waals surface area contributed by atoms with E-state index in [1.807, 2.05) is 10.6 Å². The molecule has 5 heteroatoms. The predicted molar refractivity (Wildman–Crippen MR) is 76.4 cm³/mol. The highest BCUT2D eigenvalue weighted by molar-refractivity contribution is 5.51. The molecule has 102 valence electrons. The SMILES string of the molecule is Cc1cc(NCCC2CCCNC2)n2ncnc2c1. The number of pyridine rings is 1. The Balaban J connectivity index is 1.63. The Morgan fingerprint density at radius 1 is 1.47 bits per heavy atom. The second kappa shape index (κ2) is 5.57. The number of anilines is 1. The normalized spacial score (nSPS) is 19.7. The second-order valence-electron chi connectivity index (χ2n) is 5.38. The monoisotopic (exact) mass is 259 g/mol. The first kappa shape index (κ1) is 12.4. The molecule has 1 atom stereocenters. The minimum atomic E-state index is 0.803. The standard InChI is InChI=1S/C14H21N5/c1-11-7-13(19-14(8-11)17-10-18-19)16-6-4-12-3-2-5-15-9-12/h7-8,10,12,15-16H,2-6,9H2,1H3. The molecule has 2 aromatic heterocycles. The van der Waals surface area contributed by atoms with E-state index in [-0.39, 0.29) is 0 Å². The molecule has 3 heterocycles. The number of hydrogen-bond donors (Lipinski definition) is 2. The maximum Gasteiger partial charge on any atom is 0.157 e. The first-order chi connectivity index (χ1) is 9.33. The van der Waals surface area contributed by atoms with E-state index in [0.717, 1.165) is 30.5 Å². The summed E-state index contributed by atoms with van der Waals surface area (Å²) in [5, 5.41) is 11.2. The van der Waals surface area contributed by atoms with Crippen molar-refractivity contribution in [2.45, 2.75) is 26.2 Å². The van der Waals surface area contributed by atoms with Gasteiger partial charge >= 0.3 is 0 Å². The molecule has 2 aromatic rings. The van der Waals surface area contributed by atoms with Crippen LogP contribution in [0, 0.1) is 12.8 Å². The lowest BCUT2D eigenvalue weighted by Crippen LogP contribution is -2.30. The van der Waals surface area contributed by atoms with Crippen molar-refractivity contribution in [2.75, 3.05) is 25.0 Å². The van der Waals surface area contributed by atoms with Crippen LogP contribution in [0.3, 0.4) is 0 Å². The van der Waals surface area contributed by atoms with Crippen molar-refractivity contribution >= 4 is 11.5 Å². The summed E-state index contributed by atoms with van der Waals surface area (Å²) >= 11 is 0. The van der Waals surface area contributed by atoms with Crippen molar-refractivity contribution in [3.63, 3.8) is 0 Å². The Bertz CT molecular complexity index is 542. The van der Waals surface area contributed by atoms with Gasteiger partial charge in [0.15, 0.2) is 5.65 Å². The van der Waals surface area contributed by atoms with Gasteiger partial charge in [-0.1, -0.05) is 0 Å². The topological polar surface area (TPSA) is 54.2 Å². The molecule has 0 aliphatic carbocycles. The van der Waals surface area contributed by atoms with Gasteiger partial charge in [-0.05, 0) is 62.9 Å². The molecular formula is C14H21N5. The first-order valence-corrected chi connectivity index (χ1v) is 7.08. The zero-order valence-electron chi connectivity index (χ0n) is 11.4. The number of hydrogen-bond acceptors (Lipinski definition) is 4. The Morgan fingerprint density at radius 2 is 2.42 bits per heavy atom. The lowest BCUT2D eigenvalue weighted by atomic mass is 9.96. The predicted octanol–water partition coefficient (Wildman–Crippen LogP) is 1.84. The average molecular weight is 259 g/mol. The van der Waals surface area contributed by atoms with Gasteiger partial charge in [-0.2, -0.15) is 9.61 Å². The van der Waals surface area contributed by atoms with E-state index in [2.05, 4.69) is 33.7 Å². The Hall–Kier alpha value is -1.62. The van der Waals surface area contributed by atoms with Crippen LogP contribution in [0.4, 0.5) is 5.82 Å². The molecule has 1 fully saturated rings. The molecule has 1 unspecified atom stereocenters. The summed E-state index contributed by atoms with van der Waals surface area (Å²) in [7, 11) is 0. The summed E-state index contributed by atoms with van der Waals surface area (Å²) in [5.74, 6) is 1.84. The smallest absolute Gasteiger partial charge is 0.157 e. The summed E-state index contributed by atoms with van der Waals surface area (Å²) in [4.78, 5) is 4.24. The molecule has 19 heavy (non-hydrogen) atoms. The maximum atomic E-state index is 4.26. The third-order valence-electron chi connectivity index (χ3n) is 3.78. The third kappa shape index (κ3) is 2.87. The van der Waals surface area contributed by atoms with Crippen LogP contribution in [-0.2, 0) is 0 Å². The van der Waals surface area contributed by atoms with Gasteiger partial charge in [0, 0.05) is 6.54 Å². The van der Waals surface area contributed by atoms with Gasteiger partial charge in [0.1, 0.15) is 12.1 Å². The number of aromatic nitrogens is 3. The molecule has 0 spiro atoms. The molecule has 0 bridgehead atoms. The minimum absolute atomic E-state index is 0.803. The van der Waals surface area contributed by atoms with Gasteiger partial charge in [-0.25, -0.2) is 4.98 Å². The summed E-state index contributed by atoms with van der Waals surface area (Å²) in [6.45, 7) is 5.42. The Morgan fingerprint density at radius 3 is 3.26 bits per heavy atom. The summed E-state index contributed by atoms with van der Waals surface area (Å²) in [6, 6.07) is 4.17. The molecule has 0 aromatic carbocycles. The molecule has 0 radical (unpaired) electrons. The van der Waals surface area contributed by atoms with Crippen LogP contribution in [-0.4, -0.2) is 34.2 Å². The van der Waals surface area contributed by atoms with E-state index in [4.69, 9.17) is 0 Å². The van der Waals surface area contributed by atoms with E-state index in [9.17, 15) is 0 Å². The second-order valence-corrected chi connectivity index (χ2v) is 5.38. The van der Waals surface area contributed by atoms with E-state index >= 15 is 0 Å². The summed E-state index contributed by atoms with van der Waals surface area (Å²) in [6.07, 6.45) is 5.46. The van der Waals surface area contributed by atoms with Crippen LogP contribution >= 0.6 is 0 Å². The quantitative estimate of drug-likeness (QED) is 0.879. The molecule has 2 N–H and O–H groups in total. The average Bonchev–Trinajstić information content (AvgIpc) is 2.88. The minimum Gasteiger partial charge on any atom is -0.370 e. The lowest BCUT2D eigenvalue weighted by molar-refractivity contribution is 0.364. The Labute approximate surface area is 113 Å². The molecule has 3 rings (SSSR count). The number of fused-ring (bicyclic) bond motifs is 1. The van der Waals surface area contributed by atoms with Gasteiger partial charge in [-0.15, -0.1) is 0 Å². The van der Waals surface area contributed by atoms with Crippen molar-refractivity contribution in [2.24, 2.45) is 5.92 Å². The molecule has 0 amide bonds. The van der Waals surface area contributed by atoms with Crippen molar-refractivity contribution in [1.29, 1.82) is 0 Å². The molecule has 0 saturated carbocycles. The highest BCUT2D eigenvalue weighted by Crippen LogP contribution is 2.16. The van der Waals surface area contributed by atoms with Crippen LogP contribution in [0.2, 0.25) is 0 Å². The largest absolute Gasteiger partial charge is 0.370 e. The first-order valence-electron chi connectivity index (χ1n) is 7.08. The van der Waals surface area contributed by atoms with Gasteiger partial charge in [-0.3, -0.25) is 0 Å². The molecule has 1 saturated heterocycles. The van der Waals surface area contributed by atoms with E-state index in [1.54, 1.807) is 6.33 Å². The number of rotatable bonds is 4. The fraction of sp³-hybridized carbons (Fsp3) is 0.571. The van der Waals surface area contributed by atoms with E-state index in [0.29, 0.717) is 0 Å². The van der Waals surface area contributed by atoms with Gasteiger partial charge in [0.05, 0.1) is 0 Å². The van der Waals surface area contributed by atoms with Crippen molar-refractivity contribution < 1.29 is 0 Å². The highest BCUT2D eigenvalue weighted by Gasteiger charge is 2.12. The van der Waals surface area contributed by atoms with Crippen LogP contribution in [0.15, 0.2) is 18.5 Å². The van der Waals surface area contributed by atoms with E-state index in [1.165, 1.54) is 31.4 Å². The van der Waals surface area contributed by atoms with Gasteiger partial charge < -0.3 is 10.6 Å². The Kier molecular flexibility index (Phi) is 3.64. The summed E-state index contributed by atoms with van der Waals surface area (Å²) in [5.41, 5.74) is 2.11. The molecule has 1 aliphatic rings.